The summed E-state index contributed by atoms with van der Waals surface area (Å²) >= 11 is 0. The van der Waals surface area contributed by atoms with E-state index in [1.165, 1.54) is 26.4 Å². The van der Waals surface area contributed by atoms with Gasteiger partial charge in [-0.1, -0.05) is 30.3 Å². The van der Waals surface area contributed by atoms with E-state index in [9.17, 15) is 4.39 Å². The average Bonchev–Trinajstić information content (AvgIpc) is 3.30. The minimum atomic E-state index is -0.571. The zero-order valence-corrected chi connectivity index (χ0v) is 17.5. The lowest BCUT2D eigenvalue weighted by Gasteiger charge is -2.24. The zero-order chi connectivity index (χ0) is 21.8. The lowest BCUT2D eigenvalue weighted by Crippen LogP contribution is -2.24. The molecule has 1 N–H and O–H groups in total. The SMILES string of the molecule is COc1cc(Nc2ncc(F)c(N3OCC[C@H]3c3ccccc3)n2)cc(OC)c1OC. The Bertz CT molecular complexity index is 1030. The van der Waals surface area contributed by atoms with Crippen molar-refractivity contribution >= 4 is 17.5 Å². The van der Waals surface area contributed by atoms with Crippen LogP contribution in [0.25, 0.3) is 0 Å². The summed E-state index contributed by atoms with van der Waals surface area (Å²) in [5.74, 6) is 1.10. The molecule has 0 amide bonds. The van der Waals surface area contributed by atoms with Crippen LogP contribution in [-0.4, -0.2) is 37.9 Å². The Morgan fingerprint density at radius 2 is 1.77 bits per heavy atom. The molecule has 9 heteroatoms. The third kappa shape index (κ3) is 4.17. The van der Waals surface area contributed by atoms with Crippen LogP contribution in [0.5, 0.6) is 17.2 Å². The van der Waals surface area contributed by atoms with Gasteiger partial charge in [0.05, 0.1) is 40.2 Å². The van der Waals surface area contributed by atoms with Crippen molar-refractivity contribution in [2.75, 3.05) is 38.3 Å². The summed E-state index contributed by atoms with van der Waals surface area (Å²) in [5, 5.41) is 4.57. The molecule has 8 nitrogen and oxygen atoms in total. The first kappa shape index (κ1) is 20.7. The van der Waals surface area contributed by atoms with E-state index >= 15 is 0 Å². The molecule has 0 saturated carbocycles. The summed E-state index contributed by atoms with van der Waals surface area (Å²) in [4.78, 5) is 14.1. The van der Waals surface area contributed by atoms with Crippen LogP contribution in [0.4, 0.5) is 21.8 Å². The summed E-state index contributed by atoms with van der Waals surface area (Å²) < 4.78 is 30.7. The van der Waals surface area contributed by atoms with E-state index in [4.69, 9.17) is 19.0 Å². The Balaban J connectivity index is 1.64. The third-order valence-corrected chi connectivity index (χ3v) is 4.94. The number of methoxy groups -OCH3 is 3. The van der Waals surface area contributed by atoms with Crippen LogP contribution in [0.15, 0.2) is 48.7 Å². The van der Waals surface area contributed by atoms with Crippen LogP contribution in [-0.2, 0) is 4.84 Å². The van der Waals surface area contributed by atoms with E-state index in [1.807, 2.05) is 30.3 Å². The minimum Gasteiger partial charge on any atom is -0.493 e. The molecule has 1 aliphatic heterocycles. The number of ether oxygens (including phenoxy) is 3. The molecule has 2 heterocycles. The summed E-state index contributed by atoms with van der Waals surface area (Å²) in [7, 11) is 4.59. The van der Waals surface area contributed by atoms with E-state index in [0.29, 0.717) is 29.5 Å². The van der Waals surface area contributed by atoms with Crippen molar-refractivity contribution in [2.24, 2.45) is 0 Å². The maximum Gasteiger partial charge on any atom is 0.229 e. The van der Waals surface area contributed by atoms with Crippen molar-refractivity contribution in [3.63, 3.8) is 0 Å². The Hall–Kier alpha value is -3.59. The third-order valence-electron chi connectivity index (χ3n) is 4.94. The second-order valence-corrected chi connectivity index (χ2v) is 6.78. The maximum atomic E-state index is 14.7. The second-order valence-electron chi connectivity index (χ2n) is 6.78. The molecule has 0 unspecified atom stereocenters. The van der Waals surface area contributed by atoms with Crippen molar-refractivity contribution in [1.82, 2.24) is 9.97 Å². The predicted octanol–water partition coefficient (Wildman–Crippen LogP) is 4.27. The fourth-order valence-corrected chi connectivity index (χ4v) is 3.51. The number of nitrogens with one attached hydrogen (secondary N) is 1. The summed E-state index contributed by atoms with van der Waals surface area (Å²) in [6.07, 6.45) is 1.84. The Morgan fingerprint density at radius 3 is 2.42 bits per heavy atom. The Morgan fingerprint density at radius 1 is 1.06 bits per heavy atom. The fraction of sp³-hybridized carbons (Fsp3) is 0.273. The van der Waals surface area contributed by atoms with Crippen LogP contribution in [0, 0.1) is 5.82 Å². The second kappa shape index (κ2) is 9.05. The highest BCUT2D eigenvalue weighted by Crippen LogP contribution is 2.41. The number of rotatable bonds is 7. The van der Waals surface area contributed by atoms with Gasteiger partial charge in [0.15, 0.2) is 23.1 Å². The Labute approximate surface area is 179 Å². The monoisotopic (exact) mass is 426 g/mol. The van der Waals surface area contributed by atoms with Gasteiger partial charge in [0.1, 0.15) is 0 Å². The number of aromatic nitrogens is 2. The summed E-state index contributed by atoms with van der Waals surface area (Å²) in [6.45, 7) is 0.471. The first-order chi connectivity index (χ1) is 15.1. The van der Waals surface area contributed by atoms with Crippen LogP contribution < -0.4 is 24.6 Å². The van der Waals surface area contributed by atoms with Crippen LogP contribution in [0.1, 0.15) is 18.0 Å². The maximum absolute atomic E-state index is 14.7. The molecule has 1 aromatic heterocycles. The van der Waals surface area contributed by atoms with Gasteiger partial charge in [0.25, 0.3) is 0 Å². The van der Waals surface area contributed by atoms with Gasteiger partial charge in [-0.2, -0.15) is 4.98 Å². The summed E-state index contributed by atoms with van der Waals surface area (Å²) in [5.41, 5.74) is 1.62. The first-order valence-corrected chi connectivity index (χ1v) is 9.71. The molecule has 0 bridgehead atoms. The van der Waals surface area contributed by atoms with Crippen molar-refractivity contribution < 1.29 is 23.4 Å². The Kier molecular flexibility index (Phi) is 6.03. The van der Waals surface area contributed by atoms with Crippen LogP contribution in [0.3, 0.4) is 0 Å². The predicted molar refractivity (Wildman–Crippen MR) is 114 cm³/mol. The molecule has 0 spiro atoms. The van der Waals surface area contributed by atoms with Gasteiger partial charge in [0, 0.05) is 24.2 Å². The standard InChI is InChI=1S/C22H23FN4O4/c1-28-18-11-15(12-19(29-2)20(18)30-3)25-22-24-13-16(23)21(26-22)27-17(9-10-31-27)14-7-5-4-6-8-14/h4-8,11-13,17H,9-10H2,1-3H3,(H,24,25,26)/t17-/m0/s1. The van der Waals surface area contributed by atoms with Gasteiger partial charge >= 0.3 is 0 Å². The molecule has 1 saturated heterocycles. The smallest absolute Gasteiger partial charge is 0.229 e. The number of hydroxylamine groups is 1. The van der Waals surface area contributed by atoms with Crippen molar-refractivity contribution in [2.45, 2.75) is 12.5 Å². The molecular weight excluding hydrogens is 403 g/mol. The quantitative estimate of drug-likeness (QED) is 0.600. The lowest BCUT2D eigenvalue weighted by molar-refractivity contribution is 0.154. The number of anilines is 3. The van der Waals surface area contributed by atoms with E-state index in [0.717, 1.165) is 18.2 Å². The molecule has 31 heavy (non-hydrogen) atoms. The van der Waals surface area contributed by atoms with Crippen molar-refractivity contribution in [3.8, 4) is 17.2 Å². The fourth-order valence-electron chi connectivity index (χ4n) is 3.51. The van der Waals surface area contributed by atoms with Gasteiger partial charge in [-0.3, -0.25) is 4.84 Å². The van der Waals surface area contributed by atoms with Gasteiger partial charge in [-0.15, -0.1) is 0 Å². The molecule has 2 aromatic carbocycles. The highest BCUT2D eigenvalue weighted by Gasteiger charge is 2.31. The van der Waals surface area contributed by atoms with E-state index < -0.39 is 5.82 Å². The lowest BCUT2D eigenvalue weighted by atomic mass is 10.0. The molecule has 162 valence electrons. The molecule has 0 aliphatic carbocycles. The number of benzene rings is 2. The topological polar surface area (TPSA) is 78.0 Å². The van der Waals surface area contributed by atoms with Crippen molar-refractivity contribution in [1.29, 1.82) is 0 Å². The highest BCUT2D eigenvalue weighted by atomic mass is 19.1. The van der Waals surface area contributed by atoms with E-state index in [2.05, 4.69) is 15.3 Å². The van der Waals surface area contributed by atoms with Gasteiger partial charge in [-0.05, 0) is 5.56 Å². The number of hydrogen-bond donors (Lipinski definition) is 1. The largest absolute Gasteiger partial charge is 0.493 e. The van der Waals surface area contributed by atoms with E-state index in [1.54, 1.807) is 12.1 Å². The van der Waals surface area contributed by atoms with Crippen LogP contribution in [0.2, 0.25) is 0 Å². The molecular formula is C22H23FN4O4. The van der Waals surface area contributed by atoms with Crippen LogP contribution >= 0.6 is 0 Å². The normalized spacial score (nSPS) is 15.6. The molecule has 4 rings (SSSR count). The number of halogens is 1. The number of hydrogen-bond acceptors (Lipinski definition) is 8. The zero-order valence-electron chi connectivity index (χ0n) is 17.5. The molecule has 3 aromatic rings. The highest BCUT2D eigenvalue weighted by molar-refractivity contribution is 5.66. The average molecular weight is 426 g/mol. The first-order valence-electron chi connectivity index (χ1n) is 9.71. The van der Waals surface area contributed by atoms with Gasteiger partial charge in [0.2, 0.25) is 11.7 Å². The minimum absolute atomic E-state index is 0.0660. The summed E-state index contributed by atoms with van der Waals surface area (Å²) in [6, 6.07) is 13.1. The molecule has 0 radical (unpaired) electrons. The van der Waals surface area contributed by atoms with E-state index in [-0.39, 0.29) is 17.8 Å². The van der Waals surface area contributed by atoms with Gasteiger partial charge in [-0.25, -0.2) is 14.4 Å². The van der Waals surface area contributed by atoms with Gasteiger partial charge < -0.3 is 19.5 Å². The number of nitrogens with zero attached hydrogens (tertiary/aromatic N) is 3. The molecule has 1 aliphatic rings. The van der Waals surface area contributed by atoms with Crippen molar-refractivity contribution in [3.05, 3.63) is 60.0 Å². The molecule has 1 fully saturated rings. The molecule has 1 atom stereocenters.